The number of amides is 1. The van der Waals surface area contributed by atoms with Crippen molar-refractivity contribution >= 4 is 11.6 Å². The Morgan fingerprint density at radius 1 is 1.30 bits per heavy atom. The first kappa shape index (κ1) is 14.4. The van der Waals surface area contributed by atoms with Gasteiger partial charge in [0.25, 0.3) is 0 Å². The second-order valence-electron chi connectivity index (χ2n) is 5.02. The third-order valence-corrected chi connectivity index (χ3v) is 3.56. The van der Waals surface area contributed by atoms with Crippen molar-refractivity contribution in [2.45, 2.75) is 6.42 Å². The number of nitriles is 1. The van der Waals surface area contributed by atoms with Gasteiger partial charge in [0.2, 0.25) is 5.91 Å². The van der Waals surface area contributed by atoms with Crippen molar-refractivity contribution in [3.8, 4) is 6.07 Å². The Balaban J connectivity index is 1.78. The standard InChI is InChI=1S/C15H20N4O/c1-18-8-10-19(11-9-18)15(20)6-7-17-14-5-3-2-4-13(14)12-16/h2-5,17H,6-11H2,1H3. The average molecular weight is 272 g/mol. The SMILES string of the molecule is CN1CCN(C(=O)CCNc2ccccc2C#N)CC1. The predicted molar refractivity (Wildman–Crippen MR) is 78.3 cm³/mol. The zero-order chi connectivity index (χ0) is 14.4. The minimum atomic E-state index is 0.181. The van der Waals surface area contributed by atoms with Crippen LogP contribution in [0.15, 0.2) is 24.3 Å². The lowest BCUT2D eigenvalue weighted by molar-refractivity contribution is -0.132. The van der Waals surface area contributed by atoms with Crippen LogP contribution in [0.2, 0.25) is 0 Å². The summed E-state index contributed by atoms with van der Waals surface area (Å²) < 4.78 is 0. The molecule has 1 N–H and O–H groups in total. The lowest BCUT2D eigenvalue weighted by Crippen LogP contribution is -2.47. The fourth-order valence-corrected chi connectivity index (χ4v) is 2.25. The van der Waals surface area contributed by atoms with Gasteiger partial charge in [-0.3, -0.25) is 4.79 Å². The number of anilines is 1. The van der Waals surface area contributed by atoms with Gasteiger partial charge in [-0.15, -0.1) is 0 Å². The van der Waals surface area contributed by atoms with E-state index in [0.29, 0.717) is 18.5 Å². The second-order valence-corrected chi connectivity index (χ2v) is 5.02. The van der Waals surface area contributed by atoms with E-state index in [1.54, 1.807) is 6.07 Å². The molecule has 2 rings (SSSR count). The van der Waals surface area contributed by atoms with E-state index in [0.717, 1.165) is 31.9 Å². The molecule has 20 heavy (non-hydrogen) atoms. The molecular formula is C15H20N4O. The molecule has 0 aliphatic carbocycles. The molecule has 1 aliphatic heterocycles. The van der Waals surface area contributed by atoms with Crippen molar-refractivity contribution in [1.29, 1.82) is 5.26 Å². The molecule has 0 bridgehead atoms. The number of para-hydroxylation sites is 1. The van der Waals surface area contributed by atoms with Crippen LogP contribution in [-0.2, 0) is 4.79 Å². The molecular weight excluding hydrogens is 252 g/mol. The number of likely N-dealkylation sites (N-methyl/N-ethyl adjacent to an activating group) is 1. The summed E-state index contributed by atoms with van der Waals surface area (Å²) >= 11 is 0. The van der Waals surface area contributed by atoms with Crippen LogP contribution in [-0.4, -0.2) is 55.5 Å². The molecule has 1 heterocycles. The molecule has 106 valence electrons. The summed E-state index contributed by atoms with van der Waals surface area (Å²) in [5.74, 6) is 0.181. The van der Waals surface area contributed by atoms with Gasteiger partial charge in [0.05, 0.1) is 11.3 Å². The number of carbonyl (C=O) groups is 1. The first-order chi connectivity index (χ1) is 9.70. The van der Waals surface area contributed by atoms with Crippen LogP contribution in [0, 0.1) is 11.3 Å². The van der Waals surface area contributed by atoms with Gasteiger partial charge in [-0.2, -0.15) is 5.26 Å². The van der Waals surface area contributed by atoms with Crippen LogP contribution < -0.4 is 5.32 Å². The Morgan fingerprint density at radius 3 is 2.70 bits per heavy atom. The molecule has 5 heteroatoms. The van der Waals surface area contributed by atoms with Crippen LogP contribution >= 0.6 is 0 Å². The van der Waals surface area contributed by atoms with Crippen molar-refractivity contribution < 1.29 is 4.79 Å². The van der Waals surface area contributed by atoms with Gasteiger partial charge in [-0.1, -0.05) is 12.1 Å². The van der Waals surface area contributed by atoms with Gasteiger partial charge in [-0.25, -0.2) is 0 Å². The van der Waals surface area contributed by atoms with Crippen molar-refractivity contribution in [3.05, 3.63) is 29.8 Å². The molecule has 0 unspecified atom stereocenters. The quantitative estimate of drug-likeness (QED) is 0.893. The monoisotopic (exact) mass is 272 g/mol. The molecule has 1 aromatic rings. The zero-order valence-electron chi connectivity index (χ0n) is 11.8. The molecule has 0 spiro atoms. The number of nitrogens with zero attached hydrogens (tertiary/aromatic N) is 3. The normalized spacial score (nSPS) is 15.7. The van der Waals surface area contributed by atoms with Gasteiger partial charge in [0, 0.05) is 39.1 Å². The molecule has 0 atom stereocenters. The molecule has 0 radical (unpaired) electrons. The van der Waals surface area contributed by atoms with Gasteiger partial charge in [0.1, 0.15) is 6.07 Å². The molecule has 1 aromatic carbocycles. The summed E-state index contributed by atoms with van der Waals surface area (Å²) in [7, 11) is 2.07. The first-order valence-corrected chi connectivity index (χ1v) is 6.90. The maximum atomic E-state index is 12.1. The summed E-state index contributed by atoms with van der Waals surface area (Å²) in [5.41, 5.74) is 1.40. The fraction of sp³-hybridized carbons (Fsp3) is 0.467. The van der Waals surface area contributed by atoms with E-state index in [1.165, 1.54) is 0 Å². The maximum absolute atomic E-state index is 12.1. The maximum Gasteiger partial charge on any atom is 0.224 e. The largest absolute Gasteiger partial charge is 0.383 e. The number of rotatable bonds is 4. The van der Waals surface area contributed by atoms with E-state index in [4.69, 9.17) is 5.26 Å². The van der Waals surface area contributed by atoms with E-state index in [1.807, 2.05) is 23.1 Å². The number of piperazine rings is 1. The van der Waals surface area contributed by atoms with E-state index in [9.17, 15) is 4.79 Å². The number of nitrogens with one attached hydrogen (secondary N) is 1. The first-order valence-electron chi connectivity index (χ1n) is 6.90. The van der Waals surface area contributed by atoms with Crippen LogP contribution in [0.1, 0.15) is 12.0 Å². The van der Waals surface area contributed by atoms with E-state index in [2.05, 4.69) is 23.3 Å². The number of benzene rings is 1. The summed E-state index contributed by atoms with van der Waals surface area (Å²) in [6.07, 6.45) is 0.462. The highest BCUT2D eigenvalue weighted by Gasteiger charge is 2.18. The topological polar surface area (TPSA) is 59.4 Å². The molecule has 5 nitrogen and oxygen atoms in total. The van der Waals surface area contributed by atoms with Crippen molar-refractivity contribution in [2.24, 2.45) is 0 Å². The summed E-state index contributed by atoms with van der Waals surface area (Å²) in [6, 6.07) is 9.48. The van der Waals surface area contributed by atoms with Gasteiger partial charge in [0.15, 0.2) is 0 Å². The Hall–Kier alpha value is -2.06. The Kier molecular flexibility index (Phi) is 4.97. The second kappa shape index (κ2) is 6.92. The van der Waals surface area contributed by atoms with E-state index < -0.39 is 0 Å². The van der Waals surface area contributed by atoms with Crippen LogP contribution in [0.5, 0.6) is 0 Å². The predicted octanol–water partition coefficient (Wildman–Crippen LogP) is 1.13. The van der Waals surface area contributed by atoms with Crippen LogP contribution in [0.25, 0.3) is 0 Å². The minimum absolute atomic E-state index is 0.181. The highest BCUT2D eigenvalue weighted by molar-refractivity contribution is 5.77. The van der Waals surface area contributed by atoms with E-state index >= 15 is 0 Å². The zero-order valence-corrected chi connectivity index (χ0v) is 11.8. The molecule has 1 amide bonds. The van der Waals surface area contributed by atoms with Gasteiger partial charge in [-0.05, 0) is 19.2 Å². The summed E-state index contributed by atoms with van der Waals surface area (Å²) in [4.78, 5) is 16.2. The van der Waals surface area contributed by atoms with Crippen molar-refractivity contribution in [1.82, 2.24) is 9.80 Å². The smallest absolute Gasteiger partial charge is 0.224 e. The lowest BCUT2D eigenvalue weighted by atomic mass is 10.2. The number of carbonyl (C=O) groups excluding carboxylic acids is 1. The number of hydrogen-bond donors (Lipinski definition) is 1. The third-order valence-electron chi connectivity index (χ3n) is 3.56. The Morgan fingerprint density at radius 2 is 2.00 bits per heavy atom. The van der Waals surface area contributed by atoms with Crippen LogP contribution in [0.4, 0.5) is 5.69 Å². The average Bonchev–Trinajstić information content (AvgIpc) is 2.48. The fourth-order valence-electron chi connectivity index (χ4n) is 2.25. The Bertz CT molecular complexity index is 501. The highest BCUT2D eigenvalue weighted by Crippen LogP contribution is 2.13. The summed E-state index contributed by atoms with van der Waals surface area (Å²) in [5, 5.41) is 12.1. The molecule has 1 saturated heterocycles. The molecule has 0 aromatic heterocycles. The van der Waals surface area contributed by atoms with Crippen molar-refractivity contribution in [2.75, 3.05) is 45.1 Å². The molecule has 1 fully saturated rings. The Labute approximate surface area is 119 Å². The van der Waals surface area contributed by atoms with Crippen molar-refractivity contribution in [3.63, 3.8) is 0 Å². The molecule has 0 saturated carbocycles. The molecule has 1 aliphatic rings. The van der Waals surface area contributed by atoms with Gasteiger partial charge >= 0.3 is 0 Å². The summed E-state index contributed by atoms with van der Waals surface area (Å²) in [6.45, 7) is 4.06. The van der Waals surface area contributed by atoms with Gasteiger partial charge < -0.3 is 15.1 Å². The van der Waals surface area contributed by atoms with E-state index in [-0.39, 0.29) is 5.91 Å². The minimum Gasteiger partial charge on any atom is -0.383 e. The van der Waals surface area contributed by atoms with Crippen LogP contribution in [0.3, 0.4) is 0 Å². The third kappa shape index (κ3) is 3.72. The lowest BCUT2D eigenvalue weighted by Gasteiger charge is -2.32. The number of hydrogen-bond acceptors (Lipinski definition) is 4. The highest BCUT2D eigenvalue weighted by atomic mass is 16.2.